The number of benzene rings is 2. The molecule has 2 aromatic carbocycles. The van der Waals surface area contributed by atoms with Gasteiger partial charge in [-0.25, -0.2) is 4.79 Å². The maximum atomic E-state index is 12.9. The van der Waals surface area contributed by atoms with E-state index in [2.05, 4.69) is 4.74 Å². The zero-order valence-electron chi connectivity index (χ0n) is 17.3. The van der Waals surface area contributed by atoms with Crippen molar-refractivity contribution in [3.63, 3.8) is 0 Å². The minimum absolute atomic E-state index is 0.0178. The molecule has 7 heteroatoms. The van der Waals surface area contributed by atoms with Crippen molar-refractivity contribution in [1.29, 1.82) is 0 Å². The second kappa shape index (κ2) is 8.18. The standard InChI is InChI=1S/C24H22N2O5/c1-15(24(30)31-2)26-22(28)19-11-10-18(13-20(19)23(26)29)25-12-6-9-17(14-25)21(27)16-7-4-3-5-8-16/h3-5,7-8,10-11,13-15H,6,9,12H2,1-2H3/t15-/m1/s1. The van der Waals surface area contributed by atoms with E-state index >= 15 is 0 Å². The highest BCUT2D eigenvalue weighted by atomic mass is 16.5. The molecule has 158 valence electrons. The first kappa shape index (κ1) is 20.5. The number of ketones is 1. The highest BCUT2D eigenvalue weighted by Gasteiger charge is 2.41. The number of hydrogen-bond donors (Lipinski definition) is 0. The van der Waals surface area contributed by atoms with E-state index < -0.39 is 23.8 Å². The molecule has 0 fully saturated rings. The van der Waals surface area contributed by atoms with Gasteiger partial charge in [0.05, 0.1) is 18.2 Å². The summed E-state index contributed by atoms with van der Waals surface area (Å²) in [7, 11) is 1.21. The monoisotopic (exact) mass is 418 g/mol. The maximum Gasteiger partial charge on any atom is 0.328 e. The van der Waals surface area contributed by atoms with Crippen LogP contribution in [0.3, 0.4) is 0 Å². The molecule has 2 aromatic rings. The van der Waals surface area contributed by atoms with Crippen LogP contribution >= 0.6 is 0 Å². The van der Waals surface area contributed by atoms with E-state index in [-0.39, 0.29) is 16.9 Å². The number of anilines is 1. The van der Waals surface area contributed by atoms with Crippen molar-refractivity contribution >= 4 is 29.3 Å². The van der Waals surface area contributed by atoms with Crippen molar-refractivity contribution in [2.75, 3.05) is 18.6 Å². The number of carbonyl (C=O) groups excluding carboxylic acids is 4. The summed E-state index contributed by atoms with van der Waals surface area (Å²) in [6, 6.07) is 13.1. The Morgan fingerprint density at radius 1 is 1.00 bits per heavy atom. The van der Waals surface area contributed by atoms with Crippen LogP contribution in [0.25, 0.3) is 0 Å². The van der Waals surface area contributed by atoms with E-state index in [1.54, 1.807) is 30.3 Å². The Labute approximate surface area is 179 Å². The zero-order chi connectivity index (χ0) is 22.1. The number of Topliss-reactive ketones (excluding diaryl/α,β-unsaturated/α-hetero) is 1. The number of amides is 2. The van der Waals surface area contributed by atoms with Gasteiger partial charge in [-0.05, 0) is 38.0 Å². The van der Waals surface area contributed by atoms with E-state index in [9.17, 15) is 19.2 Å². The van der Waals surface area contributed by atoms with Crippen LogP contribution in [0.5, 0.6) is 0 Å². The number of rotatable bonds is 5. The summed E-state index contributed by atoms with van der Waals surface area (Å²) in [5, 5.41) is 0. The van der Waals surface area contributed by atoms with Gasteiger partial charge in [0.2, 0.25) is 0 Å². The lowest BCUT2D eigenvalue weighted by molar-refractivity contribution is -0.144. The van der Waals surface area contributed by atoms with Crippen LogP contribution in [-0.4, -0.2) is 48.2 Å². The lowest BCUT2D eigenvalue weighted by atomic mass is 9.97. The molecule has 31 heavy (non-hydrogen) atoms. The van der Waals surface area contributed by atoms with Gasteiger partial charge in [-0.3, -0.25) is 19.3 Å². The van der Waals surface area contributed by atoms with E-state index in [0.717, 1.165) is 11.3 Å². The molecule has 1 atom stereocenters. The van der Waals surface area contributed by atoms with Crippen molar-refractivity contribution in [3.8, 4) is 0 Å². The number of hydrogen-bond acceptors (Lipinski definition) is 6. The Bertz CT molecular complexity index is 1110. The van der Waals surface area contributed by atoms with Gasteiger partial charge in [0.1, 0.15) is 6.04 Å². The Kier molecular flexibility index (Phi) is 5.42. The molecule has 0 radical (unpaired) electrons. The first-order chi connectivity index (χ1) is 14.9. The summed E-state index contributed by atoms with van der Waals surface area (Å²) in [6.45, 7) is 2.15. The van der Waals surface area contributed by atoms with Gasteiger partial charge in [-0.1, -0.05) is 30.3 Å². The predicted molar refractivity (Wildman–Crippen MR) is 114 cm³/mol. The van der Waals surface area contributed by atoms with Crippen LogP contribution in [0.1, 0.15) is 50.8 Å². The number of fused-ring (bicyclic) bond motifs is 1. The van der Waals surface area contributed by atoms with Gasteiger partial charge >= 0.3 is 5.97 Å². The average molecular weight is 418 g/mol. The number of ether oxygens (including phenoxy) is 1. The lowest BCUT2D eigenvalue weighted by Crippen LogP contribution is -2.43. The third-order valence-corrected chi connectivity index (χ3v) is 5.65. The largest absolute Gasteiger partial charge is 0.467 e. The van der Waals surface area contributed by atoms with Crippen LogP contribution < -0.4 is 4.90 Å². The number of methoxy groups -OCH3 is 1. The summed E-state index contributed by atoms with van der Waals surface area (Å²) in [5.41, 5.74) is 2.55. The number of allylic oxidation sites excluding steroid dienone is 1. The molecule has 2 aliphatic heterocycles. The molecule has 0 aliphatic carbocycles. The summed E-state index contributed by atoms with van der Waals surface area (Å²) in [6.07, 6.45) is 3.29. The molecule has 7 nitrogen and oxygen atoms in total. The fourth-order valence-corrected chi connectivity index (χ4v) is 3.96. The molecule has 0 N–H and O–H groups in total. The van der Waals surface area contributed by atoms with Crippen LogP contribution in [0, 0.1) is 0 Å². The fraction of sp³-hybridized carbons (Fsp3) is 0.250. The summed E-state index contributed by atoms with van der Waals surface area (Å²) in [5.74, 6) is -1.71. The second-order valence-electron chi connectivity index (χ2n) is 7.56. The molecule has 2 heterocycles. The second-order valence-corrected chi connectivity index (χ2v) is 7.56. The number of nitrogens with zero attached hydrogens (tertiary/aromatic N) is 2. The normalized spacial score (nSPS) is 16.6. The van der Waals surface area contributed by atoms with E-state index in [4.69, 9.17) is 0 Å². The van der Waals surface area contributed by atoms with Gasteiger partial charge < -0.3 is 9.64 Å². The summed E-state index contributed by atoms with van der Waals surface area (Å²) in [4.78, 5) is 53.1. The molecule has 2 aliphatic rings. The van der Waals surface area contributed by atoms with E-state index in [0.29, 0.717) is 29.8 Å². The number of esters is 1. The first-order valence-electron chi connectivity index (χ1n) is 10.1. The van der Waals surface area contributed by atoms with E-state index in [1.165, 1.54) is 14.0 Å². The van der Waals surface area contributed by atoms with Crippen LogP contribution in [0.2, 0.25) is 0 Å². The Morgan fingerprint density at radius 3 is 2.42 bits per heavy atom. The highest BCUT2D eigenvalue weighted by Crippen LogP contribution is 2.31. The fourth-order valence-electron chi connectivity index (χ4n) is 3.96. The predicted octanol–water partition coefficient (Wildman–Crippen LogP) is 3.21. The van der Waals surface area contributed by atoms with Gasteiger partial charge in [0, 0.05) is 29.6 Å². The first-order valence-corrected chi connectivity index (χ1v) is 10.1. The molecule has 0 saturated heterocycles. The van der Waals surface area contributed by atoms with Crippen LogP contribution in [0.15, 0.2) is 60.3 Å². The molecule has 4 rings (SSSR count). The SMILES string of the molecule is COC(=O)[C@@H](C)N1C(=O)c2ccc(N3C=C(C(=O)c4ccccc4)CCC3)cc2C1=O. The molecule has 0 saturated carbocycles. The average Bonchev–Trinajstić information content (AvgIpc) is 3.07. The molecule has 2 amide bonds. The topological polar surface area (TPSA) is 84.0 Å². The molecule has 0 spiro atoms. The van der Waals surface area contributed by atoms with Crippen molar-refractivity contribution in [1.82, 2.24) is 4.90 Å². The van der Waals surface area contributed by atoms with Crippen molar-refractivity contribution in [3.05, 3.63) is 77.0 Å². The van der Waals surface area contributed by atoms with Crippen molar-refractivity contribution < 1.29 is 23.9 Å². The lowest BCUT2D eigenvalue weighted by Gasteiger charge is -2.26. The van der Waals surface area contributed by atoms with Crippen molar-refractivity contribution in [2.24, 2.45) is 0 Å². The molecular formula is C24H22N2O5. The molecule has 0 aromatic heterocycles. The number of carbonyl (C=O) groups is 4. The Morgan fingerprint density at radius 2 is 1.71 bits per heavy atom. The summed E-state index contributed by atoms with van der Waals surface area (Å²) < 4.78 is 4.68. The third kappa shape index (κ3) is 3.63. The minimum Gasteiger partial charge on any atom is -0.467 e. The Hall–Kier alpha value is -3.74. The van der Waals surface area contributed by atoms with Crippen LogP contribution in [0.4, 0.5) is 5.69 Å². The van der Waals surface area contributed by atoms with Gasteiger partial charge in [-0.15, -0.1) is 0 Å². The van der Waals surface area contributed by atoms with Gasteiger partial charge in [0.25, 0.3) is 11.8 Å². The van der Waals surface area contributed by atoms with Crippen LogP contribution in [-0.2, 0) is 9.53 Å². The molecule has 0 unspecified atom stereocenters. The summed E-state index contributed by atoms with van der Waals surface area (Å²) >= 11 is 0. The highest BCUT2D eigenvalue weighted by molar-refractivity contribution is 6.23. The minimum atomic E-state index is -1.01. The van der Waals surface area contributed by atoms with Crippen molar-refractivity contribution in [2.45, 2.75) is 25.8 Å². The Balaban J connectivity index is 1.62. The molecular weight excluding hydrogens is 396 g/mol. The smallest absolute Gasteiger partial charge is 0.328 e. The number of imide groups is 1. The molecule has 0 bridgehead atoms. The maximum absolute atomic E-state index is 12.9. The third-order valence-electron chi connectivity index (χ3n) is 5.65. The van der Waals surface area contributed by atoms with E-state index in [1.807, 2.05) is 29.3 Å². The quantitative estimate of drug-likeness (QED) is 0.421. The van der Waals surface area contributed by atoms with Gasteiger partial charge in [-0.2, -0.15) is 0 Å². The zero-order valence-corrected chi connectivity index (χ0v) is 17.3. The van der Waals surface area contributed by atoms with Gasteiger partial charge in [0.15, 0.2) is 5.78 Å².